The van der Waals surface area contributed by atoms with Gasteiger partial charge in [0.1, 0.15) is 18.3 Å². The van der Waals surface area contributed by atoms with Crippen LogP contribution in [0.2, 0.25) is 0 Å². The van der Waals surface area contributed by atoms with Gasteiger partial charge in [-0.25, -0.2) is 0 Å². The summed E-state index contributed by atoms with van der Waals surface area (Å²) in [5.74, 6) is -0.701. The van der Waals surface area contributed by atoms with Crippen molar-refractivity contribution in [2.45, 2.75) is 77.2 Å². The van der Waals surface area contributed by atoms with Gasteiger partial charge in [0.15, 0.2) is 12.1 Å². The fourth-order valence-electron chi connectivity index (χ4n) is 3.26. The van der Waals surface area contributed by atoms with E-state index in [2.05, 4.69) is 28.9 Å². The van der Waals surface area contributed by atoms with Crippen LogP contribution in [0, 0.1) is 0 Å². The zero-order valence-electron chi connectivity index (χ0n) is 14.5. The van der Waals surface area contributed by atoms with E-state index in [4.69, 9.17) is 18.9 Å². The number of hydrogen-bond acceptors (Lipinski definition) is 5. The summed E-state index contributed by atoms with van der Waals surface area (Å²) >= 11 is 3.56. The maximum Gasteiger partial charge on any atom is 0.190 e. The van der Waals surface area contributed by atoms with Gasteiger partial charge in [-0.1, -0.05) is 35.0 Å². The number of benzene rings is 1. The molecule has 2 aliphatic heterocycles. The number of aliphatic hydroxyl groups excluding tert-OH is 1. The molecule has 0 bridgehead atoms. The molecule has 0 amide bonds. The molecule has 0 saturated carbocycles. The van der Waals surface area contributed by atoms with Crippen LogP contribution in [0.1, 0.15) is 38.8 Å². The molecule has 3 rings (SSSR count). The van der Waals surface area contributed by atoms with Gasteiger partial charge >= 0.3 is 0 Å². The van der Waals surface area contributed by atoms with Crippen molar-refractivity contribution in [1.82, 2.24) is 0 Å². The van der Waals surface area contributed by atoms with E-state index in [9.17, 15) is 5.11 Å². The maximum absolute atomic E-state index is 10.0. The zero-order valence-corrected chi connectivity index (χ0v) is 16.1. The molecule has 134 valence electrons. The molecule has 2 saturated heterocycles. The Balaban J connectivity index is 1.72. The van der Waals surface area contributed by atoms with Crippen molar-refractivity contribution in [3.8, 4) is 0 Å². The molecule has 0 aliphatic carbocycles. The number of aryl methyl sites for hydroxylation is 1. The van der Waals surface area contributed by atoms with Crippen LogP contribution in [0.5, 0.6) is 0 Å². The monoisotopic (exact) mass is 400 g/mol. The number of ether oxygens (including phenoxy) is 4. The van der Waals surface area contributed by atoms with Gasteiger partial charge in [0, 0.05) is 4.47 Å². The molecule has 0 radical (unpaired) electrons. The highest BCUT2D eigenvalue weighted by Crippen LogP contribution is 2.40. The third-order valence-corrected chi connectivity index (χ3v) is 5.21. The third kappa shape index (κ3) is 3.69. The quantitative estimate of drug-likeness (QED) is 0.822. The summed E-state index contributed by atoms with van der Waals surface area (Å²) < 4.78 is 24.7. The van der Waals surface area contributed by atoms with E-state index >= 15 is 0 Å². The molecule has 2 aliphatic rings. The number of halogens is 1. The van der Waals surface area contributed by atoms with Gasteiger partial charge in [-0.2, -0.15) is 0 Å². The fourth-order valence-corrected chi connectivity index (χ4v) is 3.79. The minimum atomic E-state index is -0.701. The summed E-state index contributed by atoms with van der Waals surface area (Å²) in [4.78, 5) is 0. The first-order valence-corrected chi connectivity index (χ1v) is 9.18. The Morgan fingerprint density at radius 2 is 2.08 bits per heavy atom. The SMILES string of the molecule is CCc1cc(CO[C@@H]2[C@H]3OC(C)(C)O[C@H]3O[C@@H]2[C@@H](C)O)ccc1Br. The predicted molar refractivity (Wildman–Crippen MR) is 92.5 cm³/mol. The topological polar surface area (TPSA) is 57.2 Å². The first-order chi connectivity index (χ1) is 11.3. The summed E-state index contributed by atoms with van der Waals surface area (Å²) in [6.45, 7) is 7.96. The van der Waals surface area contributed by atoms with Crippen LogP contribution in [0.4, 0.5) is 0 Å². The molecule has 0 unspecified atom stereocenters. The summed E-state index contributed by atoms with van der Waals surface area (Å²) in [6.07, 6.45) is -1.37. The van der Waals surface area contributed by atoms with E-state index < -0.39 is 24.3 Å². The highest BCUT2D eigenvalue weighted by molar-refractivity contribution is 9.10. The second-order valence-electron chi connectivity index (χ2n) is 6.86. The normalized spacial score (nSPS) is 32.8. The van der Waals surface area contributed by atoms with Gasteiger partial charge in [-0.05, 0) is 44.4 Å². The predicted octanol–water partition coefficient (Wildman–Crippen LogP) is 3.15. The summed E-state index contributed by atoms with van der Waals surface area (Å²) in [6, 6.07) is 6.20. The Morgan fingerprint density at radius 3 is 2.75 bits per heavy atom. The minimum Gasteiger partial charge on any atom is -0.391 e. The summed E-state index contributed by atoms with van der Waals surface area (Å²) in [7, 11) is 0. The van der Waals surface area contributed by atoms with Gasteiger partial charge in [-0.3, -0.25) is 0 Å². The Kier molecular flexibility index (Phi) is 5.35. The van der Waals surface area contributed by atoms with Crippen molar-refractivity contribution < 1.29 is 24.1 Å². The van der Waals surface area contributed by atoms with Crippen molar-refractivity contribution in [2.75, 3.05) is 0 Å². The maximum atomic E-state index is 10.0. The molecule has 24 heavy (non-hydrogen) atoms. The van der Waals surface area contributed by atoms with Crippen molar-refractivity contribution >= 4 is 15.9 Å². The average Bonchev–Trinajstić information content (AvgIpc) is 2.98. The zero-order chi connectivity index (χ0) is 17.5. The van der Waals surface area contributed by atoms with Gasteiger partial charge in [0.05, 0.1) is 12.7 Å². The lowest BCUT2D eigenvalue weighted by Gasteiger charge is -2.27. The van der Waals surface area contributed by atoms with Gasteiger partial charge < -0.3 is 24.1 Å². The minimum absolute atomic E-state index is 0.333. The van der Waals surface area contributed by atoms with Crippen molar-refractivity contribution in [2.24, 2.45) is 0 Å². The largest absolute Gasteiger partial charge is 0.391 e. The molecule has 2 fully saturated rings. The van der Waals surface area contributed by atoms with Crippen molar-refractivity contribution in [3.63, 3.8) is 0 Å². The molecule has 5 nitrogen and oxygen atoms in total. The average molecular weight is 401 g/mol. The Labute approximate surface area is 151 Å². The molecule has 0 spiro atoms. The van der Waals surface area contributed by atoms with E-state index in [1.807, 2.05) is 26.0 Å². The molecule has 1 aromatic carbocycles. The standard InChI is InChI=1S/C18H25BrO5/c1-5-12-8-11(6-7-13(12)19)9-21-15-14(10(2)20)22-17-16(15)23-18(3,4)24-17/h6-8,10,14-17,20H,5,9H2,1-4H3/t10-,14-,15+,16-,17-/m1/s1. The van der Waals surface area contributed by atoms with E-state index in [1.165, 1.54) is 5.56 Å². The second-order valence-corrected chi connectivity index (χ2v) is 7.72. The summed E-state index contributed by atoms with van der Waals surface area (Å²) in [5, 5.41) is 10.0. The number of rotatable bonds is 5. The lowest BCUT2D eigenvalue weighted by atomic mass is 10.1. The molecule has 5 atom stereocenters. The Morgan fingerprint density at radius 1 is 1.33 bits per heavy atom. The lowest BCUT2D eigenvalue weighted by molar-refractivity contribution is -0.229. The van der Waals surface area contributed by atoms with E-state index in [0.717, 1.165) is 16.5 Å². The smallest absolute Gasteiger partial charge is 0.190 e. The number of aliphatic hydroxyl groups is 1. The van der Waals surface area contributed by atoms with Crippen LogP contribution >= 0.6 is 15.9 Å². The van der Waals surface area contributed by atoms with Crippen LogP contribution in [0.15, 0.2) is 22.7 Å². The highest BCUT2D eigenvalue weighted by atomic mass is 79.9. The molecular formula is C18H25BrO5. The Bertz CT molecular complexity index is 589. The van der Waals surface area contributed by atoms with E-state index in [0.29, 0.717) is 6.61 Å². The molecule has 1 aromatic rings. The van der Waals surface area contributed by atoms with Gasteiger partial charge in [0.25, 0.3) is 0 Å². The summed E-state index contributed by atoms with van der Waals surface area (Å²) in [5.41, 5.74) is 2.33. The van der Waals surface area contributed by atoms with Gasteiger partial charge in [-0.15, -0.1) is 0 Å². The van der Waals surface area contributed by atoms with Crippen LogP contribution in [0.3, 0.4) is 0 Å². The van der Waals surface area contributed by atoms with E-state index in [-0.39, 0.29) is 12.2 Å². The van der Waals surface area contributed by atoms with Gasteiger partial charge in [0.2, 0.25) is 0 Å². The van der Waals surface area contributed by atoms with Crippen LogP contribution in [0.25, 0.3) is 0 Å². The van der Waals surface area contributed by atoms with E-state index in [1.54, 1.807) is 6.92 Å². The molecular weight excluding hydrogens is 376 g/mol. The number of fused-ring (bicyclic) bond motifs is 1. The Hall–Kier alpha value is -0.500. The molecule has 0 aromatic heterocycles. The lowest BCUT2D eigenvalue weighted by Crippen LogP contribution is -2.41. The second kappa shape index (κ2) is 7.02. The molecule has 6 heteroatoms. The van der Waals surface area contributed by atoms with Crippen LogP contribution in [-0.2, 0) is 32.0 Å². The first kappa shape index (κ1) is 18.3. The highest BCUT2D eigenvalue weighted by Gasteiger charge is 2.56. The van der Waals surface area contributed by atoms with Crippen molar-refractivity contribution in [1.29, 1.82) is 0 Å². The van der Waals surface area contributed by atoms with Crippen LogP contribution < -0.4 is 0 Å². The van der Waals surface area contributed by atoms with Crippen molar-refractivity contribution in [3.05, 3.63) is 33.8 Å². The first-order valence-electron chi connectivity index (χ1n) is 8.39. The third-order valence-electron chi connectivity index (χ3n) is 4.44. The molecule has 1 N–H and O–H groups in total. The fraction of sp³-hybridized carbons (Fsp3) is 0.667. The van der Waals surface area contributed by atoms with Crippen LogP contribution in [-0.4, -0.2) is 41.6 Å². The molecule has 2 heterocycles. The number of hydrogen-bond donors (Lipinski definition) is 1.